The van der Waals surface area contributed by atoms with Gasteiger partial charge in [0, 0.05) is 17.5 Å². The molecule has 1 N–H and O–H groups in total. The molecule has 0 aliphatic heterocycles. The molecule has 0 atom stereocenters. The van der Waals surface area contributed by atoms with E-state index in [2.05, 4.69) is 10.4 Å². The minimum absolute atomic E-state index is 0.122. The summed E-state index contributed by atoms with van der Waals surface area (Å²) in [7, 11) is 0. The minimum atomic E-state index is -0.268. The maximum absolute atomic E-state index is 13.2. The topological polar surface area (TPSA) is 56.1 Å². The van der Waals surface area contributed by atoms with Crippen LogP contribution >= 0.6 is 0 Å². The van der Waals surface area contributed by atoms with E-state index in [1.54, 1.807) is 24.4 Å². The molecular weight excluding hydrogens is 393 g/mol. The zero-order valence-corrected chi connectivity index (χ0v) is 17.5. The van der Waals surface area contributed by atoms with Crippen molar-refractivity contribution in [1.29, 1.82) is 0 Å². The highest BCUT2D eigenvalue weighted by Gasteiger charge is 2.10. The molecule has 0 fully saturated rings. The van der Waals surface area contributed by atoms with Gasteiger partial charge in [-0.2, -0.15) is 5.10 Å². The molecule has 5 nitrogen and oxygen atoms in total. The molecule has 0 aliphatic carbocycles. The van der Waals surface area contributed by atoms with E-state index < -0.39 is 0 Å². The van der Waals surface area contributed by atoms with Crippen molar-refractivity contribution in [3.63, 3.8) is 0 Å². The number of ether oxygens (including phenoxy) is 1. The molecule has 1 heterocycles. The Morgan fingerprint density at radius 1 is 1.03 bits per heavy atom. The molecule has 0 aliphatic rings. The van der Waals surface area contributed by atoms with Gasteiger partial charge in [-0.05, 0) is 61.4 Å². The number of hydrogen-bond donors (Lipinski definition) is 1. The molecule has 0 bridgehead atoms. The Kier molecular flexibility index (Phi) is 5.98. The Balaban J connectivity index is 1.45. The van der Waals surface area contributed by atoms with Gasteiger partial charge in [-0.1, -0.05) is 30.3 Å². The summed E-state index contributed by atoms with van der Waals surface area (Å²) in [6, 6.07) is 19.5. The fourth-order valence-corrected chi connectivity index (χ4v) is 3.34. The van der Waals surface area contributed by atoms with Crippen LogP contribution in [-0.2, 0) is 13.1 Å². The molecule has 158 valence electrons. The molecule has 6 heteroatoms. The lowest BCUT2D eigenvalue weighted by Crippen LogP contribution is -2.22. The van der Waals surface area contributed by atoms with Gasteiger partial charge in [0.05, 0.1) is 24.4 Å². The maximum atomic E-state index is 13.2. The van der Waals surface area contributed by atoms with Gasteiger partial charge < -0.3 is 10.1 Å². The molecule has 31 heavy (non-hydrogen) atoms. The zero-order valence-electron chi connectivity index (χ0n) is 17.5. The maximum Gasteiger partial charge on any atom is 0.251 e. The van der Waals surface area contributed by atoms with Crippen molar-refractivity contribution in [3.05, 3.63) is 95.4 Å². The molecule has 0 saturated heterocycles. The van der Waals surface area contributed by atoms with Crippen LogP contribution in [0.3, 0.4) is 0 Å². The highest BCUT2D eigenvalue weighted by Crippen LogP contribution is 2.18. The number of carbonyl (C=O) groups excluding carboxylic acids is 1. The molecule has 4 rings (SSSR count). The minimum Gasteiger partial charge on any atom is -0.491 e. The first-order valence-corrected chi connectivity index (χ1v) is 10.2. The molecule has 1 amide bonds. The van der Waals surface area contributed by atoms with Crippen molar-refractivity contribution in [2.24, 2.45) is 0 Å². The van der Waals surface area contributed by atoms with Gasteiger partial charge in [-0.25, -0.2) is 4.39 Å². The standard InChI is InChI=1S/C25H24FN3O2/c1-17(2)31-23-11-5-18(6-12-23)14-27-25(30)20-7-8-21-15-28-29(24(21)13-20)16-19-3-9-22(26)10-4-19/h3-13,15,17H,14,16H2,1-2H3,(H,27,30). The third kappa shape index (κ3) is 5.09. The van der Waals surface area contributed by atoms with Gasteiger partial charge >= 0.3 is 0 Å². The lowest BCUT2D eigenvalue weighted by Gasteiger charge is -2.11. The van der Waals surface area contributed by atoms with E-state index in [1.807, 2.05) is 54.9 Å². The molecule has 1 aromatic heterocycles. The highest BCUT2D eigenvalue weighted by atomic mass is 19.1. The normalized spacial score (nSPS) is 11.1. The number of halogens is 1. The summed E-state index contributed by atoms with van der Waals surface area (Å²) in [5, 5.41) is 8.32. The first-order valence-electron chi connectivity index (χ1n) is 10.2. The largest absolute Gasteiger partial charge is 0.491 e. The SMILES string of the molecule is CC(C)Oc1ccc(CNC(=O)c2ccc3cnn(Cc4ccc(F)cc4)c3c2)cc1. The number of nitrogens with zero attached hydrogens (tertiary/aromatic N) is 2. The summed E-state index contributed by atoms with van der Waals surface area (Å²) in [4.78, 5) is 12.7. The van der Waals surface area contributed by atoms with E-state index in [4.69, 9.17) is 4.74 Å². The molecule has 0 spiro atoms. The van der Waals surface area contributed by atoms with Gasteiger partial charge in [-0.15, -0.1) is 0 Å². The summed E-state index contributed by atoms with van der Waals surface area (Å²) in [5.41, 5.74) is 3.35. The number of benzene rings is 3. The second-order valence-electron chi connectivity index (χ2n) is 7.70. The average molecular weight is 417 g/mol. The molecular formula is C25H24FN3O2. The van der Waals surface area contributed by atoms with E-state index in [1.165, 1.54) is 12.1 Å². The van der Waals surface area contributed by atoms with Crippen molar-refractivity contribution in [2.75, 3.05) is 0 Å². The molecule has 0 radical (unpaired) electrons. The molecule has 4 aromatic rings. The predicted molar refractivity (Wildman–Crippen MR) is 119 cm³/mol. The number of amides is 1. The summed E-state index contributed by atoms with van der Waals surface area (Å²) in [6.45, 7) is 4.89. The van der Waals surface area contributed by atoms with Crippen molar-refractivity contribution >= 4 is 16.8 Å². The lowest BCUT2D eigenvalue weighted by atomic mass is 10.1. The number of rotatable bonds is 7. The van der Waals surface area contributed by atoms with Gasteiger partial charge in [0.15, 0.2) is 0 Å². The first-order chi connectivity index (χ1) is 15.0. The average Bonchev–Trinajstić information content (AvgIpc) is 3.16. The number of hydrogen-bond acceptors (Lipinski definition) is 3. The lowest BCUT2D eigenvalue weighted by molar-refractivity contribution is 0.0951. The Labute approximate surface area is 180 Å². The van der Waals surface area contributed by atoms with Gasteiger partial charge in [0.1, 0.15) is 11.6 Å². The van der Waals surface area contributed by atoms with Crippen molar-refractivity contribution < 1.29 is 13.9 Å². The third-order valence-electron chi connectivity index (χ3n) is 4.90. The van der Waals surface area contributed by atoms with Crippen LogP contribution in [0.4, 0.5) is 4.39 Å². The Bertz CT molecular complexity index is 1180. The second-order valence-corrected chi connectivity index (χ2v) is 7.70. The van der Waals surface area contributed by atoms with Gasteiger partial charge in [-0.3, -0.25) is 9.48 Å². The van der Waals surface area contributed by atoms with Gasteiger partial charge in [0.2, 0.25) is 0 Å². The van der Waals surface area contributed by atoms with E-state index >= 15 is 0 Å². The predicted octanol–water partition coefficient (Wildman–Crippen LogP) is 4.94. The number of nitrogens with one attached hydrogen (secondary N) is 1. The summed E-state index contributed by atoms with van der Waals surface area (Å²) >= 11 is 0. The van der Waals surface area contributed by atoms with Crippen LogP contribution in [0.5, 0.6) is 5.75 Å². The Morgan fingerprint density at radius 2 is 1.74 bits per heavy atom. The van der Waals surface area contributed by atoms with Crippen LogP contribution < -0.4 is 10.1 Å². The molecule has 3 aromatic carbocycles. The smallest absolute Gasteiger partial charge is 0.251 e. The molecule has 0 saturated carbocycles. The highest BCUT2D eigenvalue weighted by molar-refractivity contribution is 5.97. The molecule has 0 unspecified atom stereocenters. The van der Waals surface area contributed by atoms with Crippen molar-refractivity contribution in [1.82, 2.24) is 15.1 Å². The third-order valence-corrected chi connectivity index (χ3v) is 4.90. The summed E-state index contributed by atoms with van der Waals surface area (Å²) < 4.78 is 20.6. The quantitative estimate of drug-likeness (QED) is 0.463. The van der Waals surface area contributed by atoms with E-state index in [0.29, 0.717) is 18.7 Å². The van der Waals surface area contributed by atoms with Crippen molar-refractivity contribution in [2.45, 2.75) is 33.0 Å². The number of fused-ring (bicyclic) bond motifs is 1. The Morgan fingerprint density at radius 3 is 2.45 bits per heavy atom. The van der Waals surface area contributed by atoms with Crippen molar-refractivity contribution in [3.8, 4) is 5.75 Å². The monoisotopic (exact) mass is 417 g/mol. The van der Waals surface area contributed by atoms with Crippen LogP contribution in [-0.4, -0.2) is 21.8 Å². The Hall–Kier alpha value is -3.67. The van der Waals surface area contributed by atoms with E-state index in [0.717, 1.165) is 27.8 Å². The summed E-state index contributed by atoms with van der Waals surface area (Å²) in [6.07, 6.45) is 1.89. The van der Waals surface area contributed by atoms with Gasteiger partial charge in [0.25, 0.3) is 5.91 Å². The fraction of sp³-hybridized carbons (Fsp3) is 0.200. The van der Waals surface area contributed by atoms with Crippen LogP contribution in [0.2, 0.25) is 0 Å². The van der Waals surface area contributed by atoms with E-state index in [9.17, 15) is 9.18 Å². The van der Waals surface area contributed by atoms with Crippen LogP contribution in [0, 0.1) is 5.82 Å². The first kappa shape index (κ1) is 20.6. The van der Waals surface area contributed by atoms with Crippen LogP contribution in [0.1, 0.15) is 35.3 Å². The second kappa shape index (κ2) is 9.00. The van der Waals surface area contributed by atoms with Crippen LogP contribution in [0.25, 0.3) is 10.9 Å². The van der Waals surface area contributed by atoms with E-state index in [-0.39, 0.29) is 17.8 Å². The fourth-order valence-electron chi connectivity index (χ4n) is 3.34. The number of carbonyl (C=O) groups is 1. The van der Waals surface area contributed by atoms with Crippen LogP contribution in [0.15, 0.2) is 72.9 Å². The zero-order chi connectivity index (χ0) is 21.8. The summed E-state index contributed by atoms with van der Waals surface area (Å²) in [5.74, 6) is 0.388. The number of aromatic nitrogens is 2.